The molecule has 1 aromatic heterocycles. The molecule has 0 bridgehead atoms. The Bertz CT molecular complexity index is 343. The number of rotatable bonds is 8. The van der Waals surface area contributed by atoms with Gasteiger partial charge in [-0.1, -0.05) is 19.4 Å². The van der Waals surface area contributed by atoms with Crippen LogP contribution in [0.4, 0.5) is 0 Å². The Balaban J connectivity index is 2.20. The molecule has 0 aliphatic heterocycles. The van der Waals surface area contributed by atoms with E-state index in [1.807, 2.05) is 30.8 Å². The fraction of sp³-hybridized carbons (Fsp3) is 0.571. The molecule has 1 rings (SSSR count). The normalized spacial score (nSPS) is 12.1. The second-order valence-electron chi connectivity index (χ2n) is 4.29. The number of nitrogens with zero attached hydrogens (tertiary/aromatic N) is 1. The van der Waals surface area contributed by atoms with Crippen molar-refractivity contribution in [2.75, 3.05) is 11.5 Å². The van der Waals surface area contributed by atoms with Gasteiger partial charge in [0.1, 0.15) is 0 Å². The molecule has 4 heteroatoms. The van der Waals surface area contributed by atoms with Crippen LogP contribution in [0.2, 0.25) is 0 Å². The lowest BCUT2D eigenvalue weighted by molar-refractivity contribution is -0.121. The maximum absolute atomic E-state index is 11.7. The third kappa shape index (κ3) is 6.05. The highest BCUT2D eigenvalue weighted by Gasteiger charge is 2.08. The van der Waals surface area contributed by atoms with Crippen LogP contribution >= 0.6 is 11.8 Å². The van der Waals surface area contributed by atoms with Gasteiger partial charge in [0.25, 0.3) is 0 Å². The van der Waals surface area contributed by atoms with E-state index in [2.05, 4.69) is 17.2 Å². The summed E-state index contributed by atoms with van der Waals surface area (Å²) in [6, 6.07) is 3.90. The van der Waals surface area contributed by atoms with Crippen LogP contribution in [0.25, 0.3) is 0 Å². The summed E-state index contributed by atoms with van der Waals surface area (Å²) in [5.41, 5.74) is 1.05. The third-order valence-corrected chi connectivity index (χ3v) is 3.75. The molecule has 0 saturated heterocycles. The smallest absolute Gasteiger partial charge is 0.221 e. The number of amides is 1. The van der Waals surface area contributed by atoms with E-state index in [1.165, 1.54) is 12.8 Å². The molecule has 1 aromatic rings. The number of nitrogens with one attached hydrogen (secondary N) is 1. The van der Waals surface area contributed by atoms with Crippen molar-refractivity contribution in [2.45, 2.75) is 39.2 Å². The lowest BCUT2D eigenvalue weighted by Gasteiger charge is -2.13. The Kier molecular flexibility index (Phi) is 7.49. The van der Waals surface area contributed by atoms with Crippen molar-refractivity contribution in [3.8, 4) is 0 Å². The van der Waals surface area contributed by atoms with Gasteiger partial charge in [-0.2, -0.15) is 11.8 Å². The predicted molar refractivity (Wildman–Crippen MR) is 77.6 cm³/mol. The molecular weight excluding hydrogens is 244 g/mol. The van der Waals surface area contributed by atoms with Crippen molar-refractivity contribution < 1.29 is 4.79 Å². The third-order valence-electron chi connectivity index (χ3n) is 2.68. The molecule has 1 amide bonds. The number of unbranched alkanes of at least 4 members (excludes halogenated alkanes) is 1. The Morgan fingerprint density at radius 1 is 1.50 bits per heavy atom. The first-order chi connectivity index (χ1) is 8.74. The first-order valence-electron chi connectivity index (χ1n) is 6.51. The van der Waals surface area contributed by atoms with Crippen LogP contribution in [0.1, 0.15) is 44.7 Å². The largest absolute Gasteiger partial charge is 0.350 e. The fourth-order valence-corrected chi connectivity index (χ4v) is 2.57. The van der Waals surface area contributed by atoms with Gasteiger partial charge in [0.05, 0.1) is 6.04 Å². The van der Waals surface area contributed by atoms with Gasteiger partial charge in [-0.3, -0.25) is 9.78 Å². The van der Waals surface area contributed by atoms with E-state index in [0.29, 0.717) is 6.42 Å². The molecule has 100 valence electrons. The summed E-state index contributed by atoms with van der Waals surface area (Å²) in [5, 5.41) is 2.99. The maximum atomic E-state index is 11.7. The number of pyridine rings is 1. The van der Waals surface area contributed by atoms with Crippen molar-refractivity contribution >= 4 is 17.7 Å². The molecular formula is C14H22N2OS. The monoisotopic (exact) mass is 266 g/mol. The van der Waals surface area contributed by atoms with Crippen LogP contribution in [-0.4, -0.2) is 22.4 Å². The van der Waals surface area contributed by atoms with Crippen LogP contribution in [0.3, 0.4) is 0 Å². The van der Waals surface area contributed by atoms with Crippen molar-refractivity contribution in [2.24, 2.45) is 0 Å². The highest BCUT2D eigenvalue weighted by molar-refractivity contribution is 7.99. The van der Waals surface area contributed by atoms with Crippen molar-refractivity contribution in [1.29, 1.82) is 0 Å². The molecule has 18 heavy (non-hydrogen) atoms. The zero-order valence-electron chi connectivity index (χ0n) is 11.2. The average molecular weight is 266 g/mol. The van der Waals surface area contributed by atoms with E-state index in [1.54, 1.807) is 12.4 Å². The predicted octanol–water partition coefficient (Wildman–Crippen LogP) is 3.18. The van der Waals surface area contributed by atoms with E-state index in [9.17, 15) is 4.79 Å². The number of hydrogen-bond donors (Lipinski definition) is 1. The number of carbonyl (C=O) groups excluding carboxylic acids is 1. The van der Waals surface area contributed by atoms with E-state index in [0.717, 1.165) is 17.1 Å². The first kappa shape index (κ1) is 15.0. The SMILES string of the molecule is CCCCSCCC(=O)N[C@H](C)c1cccnc1. The van der Waals surface area contributed by atoms with Crippen LogP contribution < -0.4 is 5.32 Å². The molecule has 3 nitrogen and oxygen atoms in total. The molecule has 1 atom stereocenters. The fourth-order valence-electron chi connectivity index (χ4n) is 1.54. The van der Waals surface area contributed by atoms with Crippen molar-refractivity contribution in [1.82, 2.24) is 10.3 Å². The number of carbonyl (C=O) groups is 1. The second-order valence-corrected chi connectivity index (χ2v) is 5.52. The van der Waals surface area contributed by atoms with Gasteiger partial charge in [0.15, 0.2) is 0 Å². The lowest BCUT2D eigenvalue weighted by atomic mass is 10.1. The topological polar surface area (TPSA) is 42.0 Å². The van der Waals surface area contributed by atoms with E-state index in [4.69, 9.17) is 0 Å². The van der Waals surface area contributed by atoms with E-state index in [-0.39, 0.29) is 11.9 Å². The summed E-state index contributed by atoms with van der Waals surface area (Å²) in [4.78, 5) is 15.8. The molecule has 0 radical (unpaired) electrons. The molecule has 1 N–H and O–H groups in total. The second kappa shape index (κ2) is 8.97. The van der Waals surface area contributed by atoms with E-state index < -0.39 is 0 Å². The highest BCUT2D eigenvalue weighted by Crippen LogP contribution is 2.11. The van der Waals surface area contributed by atoms with Gasteiger partial charge < -0.3 is 5.32 Å². The van der Waals surface area contributed by atoms with Gasteiger partial charge in [-0.05, 0) is 30.7 Å². The quantitative estimate of drug-likeness (QED) is 0.735. The summed E-state index contributed by atoms with van der Waals surface area (Å²) in [6.07, 6.45) is 6.58. The molecule has 0 fully saturated rings. The van der Waals surface area contributed by atoms with Gasteiger partial charge in [-0.25, -0.2) is 0 Å². The van der Waals surface area contributed by atoms with Crippen molar-refractivity contribution in [3.05, 3.63) is 30.1 Å². The van der Waals surface area contributed by atoms with Crippen molar-refractivity contribution in [3.63, 3.8) is 0 Å². The van der Waals surface area contributed by atoms with E-state index >= 15 is 0 Å². The van der Waals surface area contributed by atoms with Crippen LogP contribution in [0.5, 0.6) is 0 Å². The number of thioether (sulfide) groups is 1. The minimum atomic E-state index is 0.0341. The first-order valence-corrected chi connectivity index (χ1v) is 7.66. The molecule has 0 unspecified atom stereocenters. The number of aromatic nitrogens is 1. The molecule has 0 aromatic carbocycles. The summed E-state index contributed by atoms with van der Waals surface area (Å²) < 4.78 is 0. The molecule has 0 saturated carbocycles. The molecule has 0 spiro atoms. The molecule has 1 heterocycles. The zero-order chi connectivity index (χ0) is 13.2. The lowest BCUT2D eigenvalue weighted by Crippen LogP contribution is -2.26. The summed E-state index contributed by atoms with van der Waals surface area (Å²) in [5.74, 6) is 2.18. The zero-order valence-corrected chi connectivity index (χ0v) is 12.0. The Morgan fingerprint density at radius 2 is 2.33 bits per heavy atom. The Labute approximate surface area is 114 Å². The van der Waals surface area contributed by atoms with Gasteiger partial charge in [-0.15, -0.1) is 0 Å². The minimum Gasteiger partial charge on any atom is -0.350 e. The van der Waals surface area contributed by atoms with Crippen LogP contribution in [0.15, 0.2) is 24.5 Å². The standard InChI is InChI=1S/C14H22N2OS/c1-3-4-9-18-10-7-14(17)16-12(2)13-6-5-8-15-11-13/h5-6,8,11-12H,3-4,7,9-10H2,1-2H3,(H,16,17)/t12-/m1/s1. The summed E-state index contributed by atoms with van der Waals surface area (Å²) in [7, 11) is 0. The Morgan fingerprint density at radius 3 is 3.00 bits per heavy atom. The average Bonchev–Trinajstić information content (AvgIpc) is 2.39. The molecule has 0 aliphatic rings. The molecule has 0 aliphatic carbocycles. The van der Waals surface area contributed by atoms with Crippen LogP contribution in [-0.2, 0) is 4.79 Å². The van der Waals surface area contributed by atoms with Gasteiger partial charge >= 0.3 is 0 Å². The maximum Gasteiger partial charge on any atom is 0.221 e. The minimum absolute atomic E-state index is 0.0341. The Hall–Kier alpha value is -1.03. The summed E-state index contributed by atoms with van der Waals surface area (Å²) >= 11 is 1.86. The van der Waals surface area contributed by atoms with Crippen LogP contribution in [0, 0.1) is 0 Å². The van der Waals surface area contributed by atoms with Gasteiger partial charge in [0.2, 0.25) is 5.91 Å². The highest BCUT2D eigenvalue weighted by atomic mass is 32.2. The van der Waals surface area contributed by atoms with Gasteiger partial charge in [0, 0.05) is 24.6 Å². The summed E-state index contributed by atoms with van der Waals surface area (Å²) in [6.45, 7) is 4.17. The number of hydrogen-bond acceptors (Lipinski definition) is 3.